The number of hydrogen-bond acceptors (Lipinski definition) is 4. The second-order valence-corrected chi connectivity index (χ2v) is 5.47. The van der Waals surface area contributed by atoms with Crippen molar-refractivity contribution in [3.63, 3.8) is 0 Å². The fourth-order valence-corrected chi connectivity index (χ4v) is 3.04. The van der Waals surface area contributed by atoms with Gasteiger partial charge in [-0.1, -0.05) is 19.3 Å². The van der Waals surface area contributed by atoms with Crippen LogP contribution in [0.25, 0.3) is 0 Å². The van der Waals surface area contributed by atoms with E-state index in [1.807, 2.05) is 0 Å². The molecule has 0 aromatic rings. The first-order valence-electron chi connectivity index (χ1n) is 6.99. The highest BCUT2D eigenvalue weighted by Gasteiger charge is 2.28. The summed E-state index contributed by atoms with van der Waals surface area (Å²) in [6, 6.07) is 0.527. The van der Waals surface area contributed by atoms with Gasteiger partial charge >= 0.3 is 0 Å². The Morgan fingerprint density at radius 2 is 2.06 bits per heavy atom. The van der Waals surface area contributed by atoms with Crippen LogP contribution in [0.4, 0.5) is 0 Å². The number of rotatable bonds is 3. The summed E-state index contributed by atoms with van der Waals surface area (Å²) in [5, 5.41) is 9.36. The summed E-state index contributed by atoms with van der Waals surface area (Å²) in [7, 11) is 0. The molecule has 3 N–H and O–H groups in total. The van der Waals surface area contributed by atoms with Crippen LogP contribution in [0.15, 0.2) is 0 Å². The molecule has 2 fully saturated rings. The largest absolute Gasteiger partial charge is 0.395 e. The first kappa shape index (κ1) is 13.3. The van der Waals surface area contributed by atoms with Crippen molar-refractivity contribution in [2.45, 2.75) is 44.2 Å². The maximum Gasteiger partial charge on any atom is 0.0644 e. The van der Waals surface area contributed by atoms with Crippen molar-refractivity contribution < 1.29 is 9.84 Å². The van der Waals surface area contributed by atoms with E-state index in [0.29, 0.717) is 18.6 Å². The van der Waals surface area contributed by atoms with E-state index in [1.54, 1.807) is 0 Å². The van der Waals surface area contributed by atoms with Gasteiger partial charge < -0.3 is 15.6 Å². The number of morpholine rings is 1. The van der Waals surface area contributed by atoms with Gasteiger partial charge in [0.15, 0.2) is 0 Å². The molecule has 0 amide bonds. The fourth-order valence-electron chi connectivity index (χ4n) is 3.04. The van der Waals surface area contributed by atoms with E-state index in [-0.39, 0.29) is 12.6 Å². The first-order valence-corrected chi connectivity index (χ1v) is 6.99. The van der Waals surface area contributed by atoms with Crippen molar-refractivity contribution in [1.29, 1.82) is 0 Å². The molecule has 1 saturated carbocycles. The Balaban J connectivity index is 1.88. The molecule has 0 aromatic heterocycles. The van der Waals surface area contributed by atoms with Crippen molar-refractivity contribution in [3.05, 3.63) is 0 Å². The molecule has 3 atom stereocenters. The lowest BCUT2D eigenvalue weighted by atomic mass is 9.94. The average Bonchev–Trinajstić information content (AvgIpc) is 2.56. The summed E-state index contributed by atoms with van der Waals surface area (Å²) in [6.45, 7) is 3.63. The van der Waals surface area contributed by atoms with Gasteiger partial charge in [0.1, 0.15) is 0 Å². The van der Waals surface area contributed by atoms with E-state index in [1.165, 1.54) is 32.1 Å². The molecule has 4 heteroatoms. The summed E-state index contributed by atoms with van der Waals surface area (Å²) >= 11 is 0. The summed E-state index contributed by atoms with van der Waals surface area (Å²) in [4.78, 5) is 2.37. The van der Waals surface area contributed by atoms with Gasteiger partial charge in [0.2, 0.25) is 0 Å². The summed E-state index contributed by atoms with van der Waals surface area (Å²) in [5.41, 5.74) is 6.26. The Morgan fingerprint density at radius 3 is 2.88 bits per heavy atom. The minimum atomic E-state index is 0.180. The summed E-state index contributed by atoms with van der Waals surface area (Å²) in [5.74, 6) is 0.602. The van der Waals surface area contributed by atoms with Crippen molar-refractivity contribution >= 4 is 0 Å². The maximum atomic E-state index is 9.36. The first-order chi connectivity index (χ1) is 8.31. The molecule has 0 aromatic carbocycles. The van der Waals surface area contributed by atoms with Crippen LogP contribution in [0.5, 0.6) is 0 Å². The molecule has 1 heterocycles. The standard InChI is InChI=1S/C13H26N2O2/c14-13-5-3-1-2-4-11(13)8-15-6-7-17-10-12(15)9-16/h11-13,16H,1-10,14H2. The van der Waals surface area contributed by atoms with Gasteiger partial charge in [-0.25, -0.2) is 0 Å². The zero-order valence-corrected chi connectivity index (χ0v) is 10.7. The zero-order valence-electron chi connectivity index (χ0n) is 10.7. The highest BCUT2D eigenvalue weighted by atomic mass is 16.5. The van der Waals surface area contributed by atoms with Gasteiger partial charge in [-0.2, -0.15) is 0 Å². The van der Waals surface area contributed by atoms with E-state index < -0.39 is 0 Å². The summed E-state index contributed by atoms with van der Waals surface area (Å²) < 4.78 is 5.41. The number of aliphatic hydroxyl groups excluding tert-OH is 1. The number of nitrogens with zero attached hydrogens (tertiary/aromatic N) is 1. The SMILES string of the molecule is NC1CCCCCC1CN1CCOCC1CO. The molecule has 17 heavy (non-hydrogen) atoms. The predicted octanol–water partition coefficient (Wildman–Crippen LogP) is 0.587. The molecule has 0 spiro atoms. The molecule has 1 saturated heterocycles. The Kier molecular flexibility index (Phi) is 5.22. The Labute approximate surface area is 104 Å². The highest BCUT2D eigenvalue weighted by Crippen LogP contribution is 2.24. The molecule has 2 aliphatic rings. The second kappa shape index (κ2) is 6.69. The Hall–Kier alpha value is -0.160. The molecule has 2 rings (SSSR count). The quantitative estimate of drug-likeness (QED) is 0.711. The van der Waals surface area contributed by atoms with Gasteiger partial charge in [-0.3, -0.25) is 4.90 Å². The Bertz CT molecular complexity index is 225. The van der Waals surface area contributed by atoms with E-state index >= 15 is 0 Å². The number of hydrogen-bond donors (Lipinski definition) is 2. The molecule has 4 nitrogen and oxygen atoms in total. The van der Waals surface area contributed by atoms with E-state index in [0.717, 1.165) is 19.7 Å². The Morgan fingerprint density at radius 1 is 1.24 bits per heavy atom. The average molecular weight is 242 g/mol. The van der Waals surface area contributed by atoms with Crippen LogP contribution < -0.4 is 5.73 Å². The third-order valence-corrected chi connectivity index (χ3v) is 4.25. The molecule has 3 unspecified atom stereocenters. The van der Waals surface area contributed by atoms with Gasteiger partial charge in [-0.05, 0) is 18.8 Å². The van der Waals surface area contributed by atoms with Crippen LogP contribution >= 0.6 is 0 Å². The van der Waals surface area contributed by atoms with Crippen molar-refractivity contribution in [2.75, 3.05) is 32.9 Å². The molecular weight excluding hydrogens is 216 g/mol. The van der Waals surface area contributed by atoms with Crippen molar-refractivity contribution in [3.8, 4) is 0 Å². The number of aliphatic hydroxyl groups is 1. The van der Waals surface area contributed by atoms with Crippen molar-refractivity contribution in [2.24, 2.45) is 11.7 Å². The maximum absolute atomic E-state index is 9.36. The third-order valence-electron chi connectivity index (χ3n) is 4.25. The van der Waals surface area contributed by atoms with E-state index in [9.17, 15) is 5.11 Å². The molecule has 0 bridgehead atoms. The predicted molar refractivity (Wildman–Crippen MR) is 67.8 cm³/mol. The second-order valence-electron chi connectivity index (χ2n) is 5.47. The van der Waals surface area contributed by atoms with Crippen LogP contribution in [0.3, 0.4) is 0 Å². The normalized spacial score (nSPS) is 36.7. The van der Waals surface area contributed by atoms with E-state index in [4.69, 9.17) is 10.5 Å². The van der Waals surface area contributed by atoms with Crippen molar-refractivity contribution in [1.82, 2.24) is 4.90 Å². The monoisotopic (exact) mass is 242 g/mol. The molecule has 1 aliphatic carbocycles. The van der Waals surface area contributed by atoms with Gasteiger partial charge in [0.05, 0.1) is 25.9 Å². The van der Waals surface area contributed by atoms with E-state index in [2.05, 4.69) is 4.90 Å². The third kappa shape index (κ3) is 3.65. The molecule has 100 valence electrons. The molecular formula is C13H26N2O2. The number of ether oxygens (including phenoxy) is 1. The van der Waals surface area contributed by atoms with Gasteiger partial charge in [-0.15, -0.1) is 0 Å². The van der Waals surface area contributed by atoms with Crippen LogP contribution in [0.1, 0.15) is 32.1 Å². The summed E-state index contributed by atoms with van der Waals surface area (Å²) in [6.07, 6.45) is 6.34. The van der Waals surface area contributed by atoms with Crippen LogP contribution in [-0.4, -0.2) is 55.0 Å². The molecule has 0 radical (unpaired) electrons. The lowest BCUT2D eigenvalue weighted by Gasteiger charge is -2.37. The lowest BCUT2D eigenvalue weighted by Crippen LogP contribution is -2.51. The molecule has 1 aliphatic heterocycles. The highest BCUT2D eigenvalue weighted by molar-refractivity contribution is 4.83. The van der Waals surface area contributed by atoms with Crippen LogP contribution in [0.2, 0.25) is 0 Å². The zero-order chi connectivity index (χ0) is 12.1. The number of nitrogens with two attached hydrogens (primary N) is 1. The van der Waals surface area contributed by atoms with Crippen LogP contribution in [-0.2, 0) is 4.74 Å². The topological polar surface area (TPSA) is 58.7 Å². The smallest absolute Gasteiger partial charge is 0.0644 e. The fraction of sp³-hybridized carbons (Fsp3) is 1.00. The van der Waals surface area contributed by atoms with Gasteiger partial charge in [0, 0.05) is 19.1 Å². The van der Waals surface area contributed by atoms with Crippen LogP contribution in [0, 0.1) is 5.92 Å². The minimum absolute atomic E-state index is 0.180. The minimum Gasteiger partial charge on any atom is -0.395 e. The van der Waals surface area contributed by atoms with Gasteiger partial charge in [0.25, 0.3) is 0 Å². The lowest BCUT2D eigenvalue weighted by molar-refractivity contribution is -0.0351.